The average Bonchev–Trinajstić information content (AvgIpc) is 3.17. The number of sulfonamides is 1. The predicted molar refractivity (Wildman–Crippen MR) is 98.0 cm³/mol. The first-order valence-corrected chi connectivity index (χ1v) is 9.97. The van der Waals surface area contributed by atoms with E-state index in [1.807, 2.05) is 0 Å². The van der Waals surface area contributed by atoms with Crippen LogP contribution in [0.25, 0.3) is 0 Å². The highest BCUT2D eigenvalue weighted by Gasteiger charge is 2.30. The number of anilines is 1. The first-order chi connectivity index (χ1) is 12.4. The van der Waals surface area contributed by atoms with Gasteiger partial charge < -0.3 is 5.32 Å². The zero-order chi connectivity index (χ0) is 18.7. The van der Waals surface area contributed by atoms with E-state index in [2.05, 4.69) is 5.32 Å². The smallest absolute Gasteiger partial charge is 0.255 e. The number of rotatable bonds is 5. The second-order valence-electron chi connectivity index (χ2n) is 6.44. The lowest BCUT2D eigenvalue weighted by molar-refractivity contribution is 0.102. The number of halogens is 1. The number of amides is 1. The first kappa shape index (κ1) is 18.5. The molecule has 2 aromatic rings. The van der Waals surface area contributed by atoms with Gasteiger partial charge in [0.25, 0.3) is 5.91 Å². The molecule has 1 aliphatic rings. The Labute approximate surface area is 152 Å². The summed E-state index contributed by atoms with van der Waals surface area (Å²) in [5, 5.41) is 2.65. The molecule has 1 fully saturated rings. The Balaban J connectivity index is 1.73. The van der Waals surface area contributed by atoms with Crippen molar-refractivity contribution in [3.05, 3.63) is 59.9 Å². The van der Waals surface area contributed by atoms with Gasteiger partial charge in [-0.15, -0.1) is 0 Å². The van der Waals surface area contributed by atoms with E-state index in [-0.39, 0.29) is 22.7 Å². The number of nitrogens with zero attached hydrogens (tertiary/aromatic N) is 1. The standard InChI is InChI=1S/C19H21FN2O3S/c1-22(17-4-2-3-5-17)26(24,25)18-12-6-14(7-13-18)19(23)21-16-10-8-15(20)9-11-16/h6-13,17H,2-5H2,1H3,(H,21,23). The maximum Gasteiger partial charge on any atom is 0.255 e. The Morgan fingerprint density at radius 3 is 2.19 bits per heavy atom. The zero-order valence-electron chi connectivity index (χ0n) is 14.5. The molecular formula is C19H21FN2O3S. The summed E-state index contributed by atoms with van der Waals surface area (Å²) in [6.45, 7) is 0. The lowest BCUT2D eigenvalue weighted by Crippen LogP contribution is -2.35. The molecule has 7 heteroatoms. The third-order valence-corrected chi connectivity index (χ3v) is 6.66. The molecule has 0 heterocycles. The number of benzene rings is 2. The second kappa shape index (κ2) is 7.55. The van der Waals surface area contributed by atoms with Crippen molar-refractivity contribution in [3.8, 4) is 0 Å². The molecule has 1 amide bonds. The van der Waals surface area contributed by atoms with E-state index >= 15 is 0 Å². The quantitative estimate of drug-likeness (QED) is 0.866. The van der Waals surface area contributed by atoms with Crippen molar-refractivity contribution in [2.75, 3.05) is 12.4 Å². The van der Waals surface area contributed by atoms with Crippen molar-refractivity contribution in [2.24, 2.45) is 0 Å². The van der Waals surface area contributed by atoms with Gasteiger partial charge in [-0.05, 0) is 61.4 Å². The molecule has 0 atom stereocenters. The van der Waals surface area contributed by atoms with E-state index in [1.165, 1.54) is 52.8 Å². The number of hydrogen-bond acceptors (Lipinski definition) is 3. The molecule has 0 aliphatic heterocycles. The lowest BCUT2D eigenvalue weighted by atomic mass is 10.2. The summed E-state index contributed by atoms with van der Waals surface area (Å²) in [4.78, 5) is 12.4. The Kier molecular flexibility index (Phi) is 5.38. The van der Waals surface area contributed by atoms with Gasteiger partial charge in [0.05, 0.1) is 4.90 Å². The van der Waals surface area contributed by atoms with Gasteiger partial charge in [-0.3, -0.25) is 4.79 Å². The predicted octanol–water partition coefficient (Wildman–Crippen LogP) is 3.64. The minimum Gasteiger partial charge on any atom is -0.322 e. The van der Waals surface area contributed by atoms with Crippen LogP contribution in [0.1, 0.15) is 36.0 Å². The van der Waals surface area contributed by atoms with Gasteiger partial charge in [0.1, 0.15) is 5.82 Å². The minimum atomic E-state index is -3.57. The van der Waals surface area contributed by atoms with E-state index in [0.29, 0.717) is 11.3 Å². The SMILES string of the molecule is CN(C1CCCC1)S(=O)(=O)c1ccc(C(=O)Nc2ccc(F)cc2)cc1. The highest BCUT2D eigenvalue weighted by Crippen LogP contribution is 2.27. The van der Waals surface area contributed by atoms with Crippen molar-refractivity contribution >= 4 is 21.6 Å². The highest BCUT2D eigenvalue weighted by atomic mass is 32.2. The molecule has 0 radical (unpaired) electrons. The van der Waals surface area contributed by atoms with Crippen molar-refractivity contribution in [1.82, 2.24) is 4.31 Å². The van der Waals surface area contributed by atoms with Crippen molar-refractivity contribution in [1.29, 1.82) is 0 Å². The van der Waals surface area contributed by atoms with Gasteiger partial charge in [-0.2, -0.15) is 4.31 Å². The molecule has 2 aromatic carbocycles. The van der Waals surface area contributed by atoms with Crippen LogP contribution in [0.2, 0.25) is 0 Å². The number of carbonyl (C=O) groups is 1. The molecule has 0 saturated heterocycles. The summed E-state index contributed by atoms with van der Waals surface area (Å²) in [6.07, 6.45) is 3.86. The lowest BCUT2D eigenvalue weighted by Gasteiger charge is -2.23. The van der Waals surface area contributed by atoms with Crippen LogP contribution in [-0.2, 0) is 10.0 Å². The van der Waals surface area contributed by atoms with Gasteiger partial charge in [0, 0.05) is 24.3 Å². The molecule has 0 aromatic heterocycles. The molecule has 1 N–H and O–H groups in total. The van der Waals surface area contributed by atoms with Crippen LogP contribution in [0, 0.1) is 5.82 Å². The van der Waals surface area contributed by atoms with E-state index in [4.69, 9.17) is 0 Å². The molecule has 5 nitrogen and oxygen atoms in total. The van der Waals surface area contributed by atoms with E-state index in [9.17, 15) is 17.6 Å². The number of carbonyl (C=O) groups excluding carboxylic acids is 1. The summed E-state index contributed by atoms with van der Waals surface area (Å²) in [7, 11) is -1.96. The molecular weight excluding hydrogens is 355 g/mol. The summed E-state index contributed by atoms with van der Waals surface area (Å²) in [6, 6.07) is 11.3. The van der Waals surface area contributed by atoms with Crippen LogP contribution >= 0.6 is 0 Å². The Bertz CT molecular complexity index is 874. The summed E-state index contributed by atoms with van der Waals surface area (Å²) >= 11 is 0. The molecule has 1 saturated carbocycles. The third-order valence-electron chi connectivity index (χ3n) is 4.73. The summed E-state index contributed by atoms with van der Waals surface area (Å²) in [5.74, 6) is -0.770. The molecule has 0 spiro atoms. The summed E-state index contributed by atoms with van der Waals surface area (Å²) in [5.41, 5.74) is 0.797. The Hall–Kier alpha value is -2.25. The van der Waals surface area contributed by atoms with E-state index in [1.54, 1.807) is 7.05 Å². The second-order valence-corrected chi connectivity index (χ2v) is 8.44. The van der Waals surface area contributed by atoms with Crippen molar-refractivity contribution < 1.29 is 17.6 Å². The molecule has 0 bridgehead atoms. The minimum absolute atomic E-state index is 0.0430. The van der Waals surface area contributed by atoms with Crippen molar-refractivity contribution in [3.63, 3.8) is 0 Å². The van der Waals surface area contributed by atoms with Gasteiger partial charge in [0.2, 0.25) is 10.0 Å². The fourth-order valence-corrected chi connectivity index (χ4v) is 4.56. The van der Waals surface area contributed by atoms with E-state index < -0.39 is 10.0 Å². The maximum absolute atomic E-state index is 12.9. The fraction of sp³-hybridized carbons (Fsp3) is 0.316. The molecule has 0 unspecified atom stereocenters. The van der Waals surface area contributed by atoms with Crippen LogP contribution in [0.15, 0.2) is 53.4 Å². The monoisotopic (exact) mass is 376 g/mol. The Morgan fingerprint density at radius 2 is 1.62 bits per heavy atom. The molecule has 138 valence electrons. The van der Waals surface area contributed by atoms with Gasteiger partial charge in [0.15, 0.2) is 0 Å². The molecule has 26 heavy (non-hydrogen) atoms. The highest BCUT2D eigenvalue weighted by molar-refractivity contribution is 7.89. The largest absolute Gasteiger partial charge is 0.322 e. The summed E-state index contributed by atoms with van der Waals surface area (Å²) < 4.78 is 39.8. The van der Waals surface area contributed by atoms with Crippen LogP contribution in [0.4, 0.5) is 10.1 Å². The average molecular weight is 376 g/mol. The normalized spacial score (nSPS) is 15.3. The topological polar surface area (TPSA) is 66.5 Å². The fourth-order valence-electron chi connectivity index (χ4n) is 3.15. The number of nitrogens with one attached hydrogen (secondary N) is 1. The van der Waals surface area contributed by atoms with Gasteiger partial charge in [-0.1, -0.05) is 12.8 Å². The molecule has 1 aliphatic carbocycles. The zero-order valence-corrected chi connectivity index (χ0v) is 15.3. The van der Waals surface area contributed by atoms with E-state index in [0.717, 1.165) is 25.7 Å². The van der Waals surface area contributed by atoms with Gasteiger partial charge in [-0.25, -0.2) is 12.8 Å². The first-order valence-electron chi connectivity index (χ1n) is 8.53. The maximum atomic E-state index is 12.9. The van der Waals surface area contributed by atoms with Crippen LogP contribution in [-0.4, -0.2) is 31.7 Å². The molecule has 3 rings (SSSR count). The van der Waals surface area contributed by atoms with Crippen LogP contribution < -0.4 is 5.32 Å². The third kappa shape index (κ3) is 3.94. The van der Waals surface area contributed by atoms with Crippen LogP contribution in [0.5, 0.6) is 0 Å². The Morgan fingerprint density at radius 1 is 1.04 bits per heavy atom. The van der Waals surface area contributed by atoms with Crippen molar-refractivity contribution in [2.45, 2.75) is 36.6 Å². The van der Waals surface area contributed by atoms with Gasteiger partial charge >= 0.3 is 0 Å². The number of hydrogen-bond donors (Lipinski definition) is 1. The van der Waals surface area contributed by atoms with Crippen LogP contribution in [0.3, 0.4) is 0 Å².